The quantitative estimate of drug-likeness (QED) is 0.744. The molecule has 26 heavy (non-hydrogen) atoms. The zero-order chi connectivity index (χ0) is 17.5. The maximum Gasteiger partial charge on any atom is 0.178 e. The molecule has 4 heterocycles. The molecular formula is C18H27N7O. The van der Waals surface area contributed by atoms with E-state index in [4.69, 9.17) is 9.84 Å². The lowest BCUT2D eigenvalue weighted by Crippen LogP contribution is -2.59. The molecule has 2 aliphatic heterocycles. The van der Waals surface area contributed by atoms with Gasteiger partial charge in [-0.3, -0.25) is 9.80 Å². The molecule has 2 aromatic rings. The number of rotatable bonds is 6. The van der Waals surface area contributed by atoms with E-state index in [1.807, 2.05) is 10.6 Å². The zero-order valence-electron chi connectivity index (χ0n) is 15.4. The molecule has 0 bridgehead atoms. The smallest absolute Gasteiger partial charge is 0.178 e. The number of morpholine rings is 1. The lowest BCUT2D eigenvalue weighted by molar-refractivity contribution is 0.0318. The predicted molar refractivity (Wildman–Crippen MR) is 98.6 cm³/mol. The van der Waals surface area contributed by atoms with E-state index in [-0.39, 0.29) is 0 Å². The second kappa shape index (κ2) is 6.75. The van der Waals surface area contributed by atoms with Crippen molar-refractivity contribution in [3.05, 3.63) is 18.0 Å². The molecule has 8 heteroatoms. The highest BCUT2D eigenvalue weighted by atomic mass is 16.5. The highest BCUT2D eigenvalue weighted by molar-refractivity contribution is 5.48. The summed E-state index contributed by atoms with van der Waals surface area (Å²) < 4.78 is 7.37. The molecule has 0 atom stereocenters. The minimum atomic E-state index is 0.559. The first-order valence-corrected chi connectivity index (χ1v) is 9.75. The molecule has 3 aliphatic rings. The molecule has 1 aliphatic carbocycles. The predicted octanol–water partition coefficient (Wildman–Crippen LogP) is 0.454. The number of nitrogens with zero attached hydrogens (tertiary/aromatic N) is 7. The van der Waals surface area contributed by atoms with Crippen LogP contribution in [-0.2, 0) is 4.74 Å². The van der Waals surface area contributed by atoms with E-state index in [1.165, 1.54) is 12.8 Å². The molecule has 140 valence electrons. The van der Waals surface area contributed by atoms with E-state index in [9.17, 15) is 0 Å². The Kier molecular flexibility index (Phi) is 4.26. The van der Waals surface area contributed by atoms with E-state index >= 15 is 0 Å². The number of likely N-dealkylation sites (N-methyl/N-ethyl adjacent to an activating group) is 1. The van der Waals surface area contributed by atoms with Crippen molar-refractivity contribution in [1.82, 2.24) is 29.6 Å². The van der Waals surface area contributed by atoms with Crippen LogP contribution in [0.1, 0.15) is 24.6 Å². The Balaban J connectivity index is 1.17. The van der Waals surface area contributed by atoms with Gasteiger partial charge in [-0.05, 0) is 32.0 Å². The molecule has 2 aromatic heterocycles. The van der Waals surface area contributed by atoms with Gasteiger partial charge in [-0.25, -0.2) is 0 Å². The van der Waals surface area contributed by atoms with Gasteiger partial charge < -0.3 is 9.64 Å². The molecular weight excluding hydrogens is 330 g/mol. The second-order valence-electron chi connectivity index (χ2n) is 7.79. The first-order chi connectivity index (χ1) is 12.8. The maximum absolute atomic E-state index is 5.42. The fraction of sp³-hybridized carbons (Fsp3) is 0.722. The van der Waals surface area contributed by atoms with E-state index in [0.717, 1.165) is 69.8 Å². The van der Waals surface area contributed by atoms with Gasteiger partial charge in [-0.2, -0.15) is 4.52 Å². The van der Waals surface area contributed by atoms with Gasteiger partial charge in [-0.1, -0.05) is 0 Å². The SMILES string of the molecule is CN(CCN1CCOCC1)C1CN(c2ccc3nnc(C4CC4)n3n2)C1. The second-order valence-corrected chi connectivity index (χ2v) is 7.79. The molecule has 3 fully saturated rings. The third-order valence-corrected chi connectivity index (χ3v) is 5.90. The summed E-state index contributed by atoms with van der Waals surface area (Å²) in [6, 6.07) is 4.72. The van der Waals surface area contributed by atoms with Crippen LogP contribution in [-0.4, -0.2) is 95.2 Å². The minimum Gasteiger partial charge on any atom is -0.379 e. The average molecular weight is 357 g/mol. The highest BCUT2D eigenvalue weighted by Crippen LogP contribution is 2.38. The van der Waals surface area contributed by atoms with Gasteiger partial charge >= 0.3 is 0 Å². The largest absolute Gasteiger partial charge is 0.379 e. The summed E-state index contributed by atoms with van der Waals surface area (Å²) >= 11 is 0. The van der Waals surface area contributed by atoms with E-state index in [2.05, 4.69) is 38.0 Å². The van der Waals surface area contributed by atoms with Crippen LogP contribution in [0.3, 0.4) is 0 Å². The number of ether oxygens (including phenoxy) is 1. The summed E-state index contributed by atoms with van der Waals surface area (Å²) in [4.78, 5) is 7.34. The molecule has 8 nitrogen and oxygen atoms in total. The van der Waals surface area contributed by atoms with Crippen molar-refractivity contribution < 1.29 is 4.74 Å². The van der Waals surface area contributed by atoms with E-state index in [1.54, 1.807) is 0 Å². The monoisotopic (exact) mass is 357 g/mol. The van der Waals surface area contributed by atoms with Crippen LogP contribution in [0.15, 0.2) is 12.1 Å². The van der Waals surface area contributed by atoms with Gasteiger partial charge in [0.05, 0.1) is 13.2 Å². The summed E-state index contributed by atoms with van der Waals surface area (Å²) in [6.07, 6.45) is 2.43. The van der Waals surface area contributed by atoms with Gasteiger partial charge in [0, 0.05) is 51.2 Å². The van der Waals surface area contributed by atoms with Gasteiger partial charge in [0.15, 0.2) is 11.5 Å². The van der Waals surface area contributed by atoms with Crippen molar-refractivity contribution in [3.8, 4) is 0 Å². The molecule has 0 amide bonds. The summed E-state index contributed by atoms with van der Waals surface area (Å²) in [7, 11) is 2.24. The molecule has 1 saturated carbocycles. The average Bonchev–Trinajstić information content (AvgIpc) is 3.39. The Morgan fingerprint density at radius 1 is 1.15 bits per heavy atom. The highest BCUT2D eigenvalue weighted by Gasteiger charge is 2.33. The Bertz CT molecular complexity index is 762. The number of fused-ring (bicyclic) bond motifs is 1. The third kappa shape index (κ3) is 3.17. The van der Waals surface area contributed by atoms with Gasteiger partial charge in [0.2, 0.25) is 0 Å². The van der Waals surface area contributed by atoms with Crippen LogP contribution >= 0.6 is 0 Å². The molecule has 2 saturated heterocycles. The standard InChI is InChI=1S/C18H27N7O/c1-22(6-7-23-8-10-26-11-9-23)15-12-24(13-15)17-5-4-16-19-20-18(14-2-3-14)25(16)21-17/h4-5,14-15H,2-3,6-13H2,1H3. The summed E-state index contributed by atoms with van der Waals surface area (Å²) in [6.45, 7) is 8.21. The summed E-state index contributed by atoms with van der Waals surface area (Å²) in [5.41, 5.74) is 0.857. The van der Waals surface area contributed by atoms with Crippen molar-refractivity contribution >= 4 is 11.5 Å². The third-order valence-electron chi connectivity index (χ3n) is 5.90. The fourth-order valence-corrected chi connectivity index (χ4v) is 3.79. The first kappa shape index (κ1) is 16.4. The Labute approximate surface area is 153 Å². The van der Waals surface area contributed by atoms with Crippen molar-refractivity contribution in [3.63, 3.8) is 0 Å². The van der Waals surface area contributed by atoms with Gasteiger partial charge in [0.25, 0.3) is 0 Å². The number of anilines is 1. The van der Waals surface area contributed by atoms with Crippen molar-refractivity contribution in [1.29, 1.82) is 0 Å². The number of aromatic nitrogens is 4. The van der Waals surface area contributed by atoms with Crippen LogP contribution < -0.4 is 4.90 Å². The van der Waals surface area contributed by atoms with E-state index < -0.39 is 0 Å². The molecule has 0 aromatic carbocycles. The number of hydrogen-bond donors (Lipinski definition) is 0. The Morgan fingerprint density at radius 2 is 1.96 bits per heavy atom. The molecule has 0 spiro atoms. The number of hydrogen-bond acceptors (Lipinski definition) is 7. The molecule has 0 unspecified atom stereocenters. The fourth-order valence-electron chi connectivity index (χ4n) is 3.79. The van der Waals surface area contributed by atoms with Crippen molar-refractivity contribution in [2.24, 2.45) is 0 Å². The van der Waals surface area contributed by atoms with Crippen LogP contribution in [0, 0.1) is 0 Å². The lowest BCUT2D eigenvalue weighted by atomic mass is 10.1. The normalized spacial score (nSPS) is 22.3. The van der Waals surface area contributed by atoms with Crippen molar-refractivity contribution in [2.75, 3.05) is 64.4 Å². The van der Waals surface area contributed by atoms with E-state index in [0.29, 0.717) is 12.0 Å². The molecule has 0 N–H and O–H groups in total. The van der Waals surface area contributed by atoms with Crippen LogP contribution in [0.2, 0.25) is 0 Å². The Morgan fingerprint density at radius 3 is 2.73 bits per heavy atom. The summed E-state index contributed by atoms with van der Waals surface area (Å²) in [5.74, 6) is 2.63. The topological polar surface area (TPSA) is 62.0 Å². The van der Waals surface area contributed by atoms with Crippen LogP contribution in [0.5, 0.6) is 0 Å². The first-order valence-electron chi connectivity index (χ1n) is 9.75. The lowest BCUT2D eigenvalue weighted by Gasteiger charge is -2.45. The van der Waals surface area contributed by atoms with Crippen LogP contribution in [0.4, 0.5) is 5.82 Å². The van der Waals surface area contributed by atoms with Crippen molar-refractivity contribution in [2.45, 2.75) is 24.8 Å². The zero-order valence-corrected chi connectivity index (χ0v) is 15.4. The molecule has 5 rings (SSSR count). The minimum absolute atomic E-state index is 0.559. The Hall–Kier alpha value is -1.77. The maximum atomic E-state index is 5.42. The summed E-state index contributed by atoms with van der Waals surface area (Å²) in [5, 5.41) is 13.4. The molecule has 0 radical (unpaired) electrons. The van der Waals surface area contributed by atoms with Gasteiger partial charge in [-0.15, -0.1) is 15.3 Å². The van der Waals surface area contributed by atoms with Gasteiger partial charge in [0.1, 0.15) is 5.82 Å². The van der Waals surface area contributed by atoms with Crippen LogP contribution in [0.25, 0.3) is 5.65 Å².